The van der Waals surface area contributed by atoms with Gasteiger partial charge < -0.3 is 9.30 Å². The van der Waals surface area contributed by atoms with Crippen LogP contribution in [0.4, 0.5) is 0 Å². The average molecular weight is 279 g/mol. The van der Waals surface area contributed by atoms with Crippen molar-refractivity contribution in [3.8, 4) is 0 Å². The third-order valence-corrected chi connectivity index (χ3v) is 3.82. The summed E-state index contributed by atoms with van der Waals surface area (Å²) in [6.45, 7) is 13.9. The summed E-state index contributed by atoms with van der Waals surface area (Å²) in [7, 11) is 0. The van der Waals surface area contributed by atoms with Crippen molar-refractivity contribution < 1.29 is 9.53 Å². The summed E-state index contributed by atoms with van der Waals surface area (Å²) in [5, 5.41) is 0. The summed E-state index contributed by atoms with van der Waals surface area (Å²) < 4.78 is 6.79. The van der Waals surface area contributed by atoms with Crippen LogP contribution in [0.15, 0.2) is 10.9 Å². The molecule has 0 N–H and O–H groups in total. The number of aryl methyl sites for hydroxylation is 1. The van der Waals surface area contributed by atoms with Gasteiger partial charge in [-0.3, -0.25) is 4.79 Å². The molecular formula is C16H25NO3. The molecule has 112 valence electrons. The van der Waals surface area contributed by atoms with Gasteiger partial charge >= 0.3 is 5.97 Å². The van der Waals surface area contributed by atoms with E-state index in [1.165, 1.54) is 6.07 Å². The van der Waals surface area contributed by atoms with Crippen molar-refractivity contribution in [1.82, 2.24) is 4.57 Å². The highest BCUT2D eigenvalue weighted by Gasteiger charge is 2.26. The molecule has 0 aromatic carbocycles. The minimum atomic E-state index is -0.364. The first-order valence-corrected chi connectivity index (χ1v) is 7.01. The van der Waals surface area contributed by atoms with E-state index in [0.29, 0.717) is 23.4 Å². The molecule has 1 aromatic rings. The number of carbonyl (C=O) groups is 1. The zero-order chi connectivity index (χ0) is 15.7. The highest BCUT2D eigenvalue weighted by molar-refractivity contribution is 5.92. The maximum Gasteiger partial charge on any atom is 0.340 e. The van der Waals surface area contributed by atoms with Crippen molar-refractivity contribution in [1.29, 1.82) is 0 Å². The second-order valence-electron chi connectivity index (χ2n) is 6.26. The lowest BCUT2D eigenvalue weighted by atomic mass is 9.87. The number of pyridine rings is 1. The van der Waals surface area contributed by atoms with Crippen molar-refractivity contribution in [2.24, 2.45) is 5.41 Å². The second kappa shape index (κ2) is 5.81. The summed E-state index contributed by atoms with van der Waals surface area (Å²) >= 11 is 0. The molecule has 4 nitrogen and oxygen atoms in total. The number of hydrogen-bond donors (Lipinski definition) is 0. The van der Waals surface area contributed by atoms with Crippen LogP contribution in [0.1, 0.15) is 62.3 Å². The maximum absolute atomic E-state index is 12.3. The van der Waals surface area contributed by atoms with Gasteiger partial charge in [0.05, 0.1) is 12.2 Å². The Morgan fingerprint density at radius 3 is 2.35 bits per heavy atom. The first-order valence-electron chi connectivity index (χ1n) is 7.01. The van der Waals surface area contributed by atoms with E-state index < -0.39 is 0 Å². The van der Waals surface area contributed by atoms with Gasteiger partial charge in [0, 0.05) is 17.8 Å². The van der Waals surface area contributed by atoms with E-state index in [2.05, 4.69) is 20.8 Å². The number of ether oxygens (including phenoxy) is 1. The number of esters is 1. The third-order valence-electron chi connectivity index (χ3n) is 3.82. The fourth-order valence-corrected chi connectivity index (χ4v) is 2.28. The van der Waals surface area contributed by atoms with Gasteiger partial charge in [0.1, 0.15) is 0 Å². The summed E-state index contributed by atoms with van der Waals surface area (Å²) in [4.78, 5) is 24.4. The van der Waals surface area contributed by atoms with E-state index in [1.807, 2.05) is 13.8 Å². The normalized spacial score (nSPS) is 13.2. The van der Waals surface area contributed by atoms with Crippen LogP contribution in [0.2, 0.25) is 0 Å². The lowest BCUT2D eigenvalue weighted by molar-refractivity contribution is 0.0522. The molecule has 0 saturated heterocycles. The highest BCUT2D eigenvalue weighted by atomic mass is 16.5. The molecule has 20 heavy (non-hydrogen) atoms. The maximum atomic E-state index is 12.3. The topological polar surface area (TPSA) is 48.3 Å². The van der Waals surface area contributed by atoms with Gasteiger partial charge in [-0.05, 0) is 38.7 Å². The molecule has 0 saturated carbocycles. The summed E-state index contributed by atoms with van der Waals surface area (Å²) in [5.74, 6) is -0.364. The number of carbonyl (C=O) groups excluding carboxylic acids is 1. The summed E-state index contributed by atoms with van der Waals surface area (Å²) in [6.07, 6.45) is 0. The largest absolute Gasteiger partial charge is 0.462 e. The van der Waals surface area contributed by atoms with E-state index in [4.69, 9.17) is 4.74 Å². The predicted octanol–water partition coefficient (Wildman–Crippen LogP) is 3.25. The van der Waals surface area contributed by atoms with E-state index in [1.54, 1.807) is 18.4 Å². The van der Waals surface area contributed by atoms with Gasteiger partial charge in [-0.1, -0.05) is 20.8 Å². The number of rotatable bonds is 3. The molecule has 0 aliphatic heterocycles. The predicted molar refractivity (Wildman–Crippen MR) is 80.3 cm³/mol. The lowest BCUT2D eigenvalue weighted by Gasteiger charge is -2.31. The number of nitrogens with zero attached hydrogens (tertiary/aromatic N) is 1. The van der Waals surface area contributed by atoms with Crippen LogP contribution in [-0.4, -0.2) is 17.1 Å². The van der Waals surface area contributed by atoms with Gasteiger partial charge in [-0.15, -0.1) is 0 Å². The average Bonchev–Trinajstić information content (AvgIpc) is 2.26. The quantitative estimate of drug-likeness (QED) is 0.798. The van der Waals surface area contributed by atoms with Gasteiger partial charge in [0.15, 0.2) is 0 Å². The Hall–Kier alpha value is -1.58. The third kappa shape index (κ3) is 3.11. The Morgan fingerprint density at radius 1 is 1.35 bits per heavy atom. The van der Waals surface area contributed by atoms with Crippen molar-refractivity contribution in [2.75, 3.05) is 6.61 Å². The fraction of sp³-hybridized carbons (Fsp3) is 0.625. The van der Waals surface area contributed by atoms with Crippen molar-refractivity contribution in [3.05, 3.63) is 33.2 Å². The van der Waals surface area contributed by atoms with Gasteiger partial charge in [0.2, 0.25) is 0 Å². The molecule has 1 atom stereocenters. The Kier molecular flexibility index (Phi) is 4.79. The molecule has 0 amide bonds. The molecule has 0 aliphatic carbocycles. The second-order valence-corrected chi connectivity index (χ2v) is 6.26. The van der Waals surface area contributed by atoms with Crippen LogP contribution < -0.4 is 5.56 Å². The van der Waals surface area contributed by atoms with Crippen molar-refractivity contribution in [2.45, 2.75) is 54.5 Å². The van der Waals surface area contributed by atoms with E-state index in [-0.39, 0.29) is 23.0 Å². The number of hydrogen-bond acceptors (Lipinski definition) is 3. The minimum Gasteiger partial charge on any atom is -0.462 e. The molecule has 0 fully saturated rings. The van der Waals surface area contributed by atoms with E-state index >= 15 is 0 Å². The first kappa shape index (κ1) is 16.5. The standard InChI is InChI=1S/C16H25NO3/c1-8-20-15(19)14-10(2)9-13(18)17(11(14)3)12(4)16(5,6)7/h9,12H,8H2,1-7H3. The SMILES string of the molecule is CCOC(=O)c1c(C)cc(=O)n(C(C)C(C)(C)C)c1C. The minimum absolute atomic E-state index is 0.0104. The zero-order valence-corrected chi connectivity index (χ0v) is 13.5. The zero-order valence-electron chi connectivity index (χ0n) is 13.5. The first-order chi connectivity index (χ1) is 9.11. The van der Waals surface area contributed by atoms with E-state index in [0.717, 1.165) is 0 Å². The molecule has 0 spiro atoms. The highest BCUT2D eigenvalue weighted by Crippen LogP contribution is 2.30. The summed E-state index contributed by atoms with van der Waals surface area (Å²) in [5.41, 5.74) is 1.70. The molecule has 4 heteroatoms. The molecule has 0 bridgehead atoms. The van der Waals surface area contributed by atoms with E-state index in [9.17, 15) is 9.59 Å². The Labute approximate surface area is 120 Å². The fourth-order valence-electron chi connectivity index (χ4n) is 2.28. The monoisotopic (exact) mass is 279 g/mol. The van der Waals surface area contributed by atoms with Crippen LogP contribution in [0.3, 0.4) is 0 Å². The Bertz CT molecular complexity index is 564. The van der Waals surface area contributed by atoms with Crippen LogP contribution in [0.25, 0.3) is 0 Å². The van der Waals surface area contributed by atoms with Gasteiger partial charge in [-0.2, -0.15) is 0 Å². The smallest absolute Gasteiger partial charge is 0.340 e. The molecule has 1 rings (SSSR count). The number of aromatic nitrogens is 1. The van der Waals surface area contributed by atoms with Gasteiger partial charge in [-0.25, -0.2) is 4.79 Å². The molecular weight excluding hydrogens is 254 g/mol. The van der Waals surface area contributed by atoms with Crippen LogP contribution in [-0.2, 0) is 4.74 Å². The van der Waals surface area contributed by atoms with Crippen LogP contribution in [0, 0.1) is 19.3 Å². The van der Waals surface area contributed by atoms with Gasteiger partial charge in [0.25, 0.3) is 5.56 Å². The molecule has 0 radical (unpaired) electrons. The molecule has 1 aromatic heterocycles. The summed E-state index contributed by atoms with van der Waals surface area (Å²) in [6, 6.07) is 1.50. The lowest BCUT2D eigenvalue weighted by Crippen LogP contribution is -2.34. The van der Waals surface area contributed by atoms with Crippen molar-refractivity contribution in [3.63, 3.8) is 0 Å². The molecule has 1 heterocycles. The molecule has 0 aliphatic rings. The Morgan fingerprint density at radius 2 is 1.90 bits per heavy atom. The van der Waals surface area contributed by atoms with Crippen molar-refractivity contribution >= 4 is 5.97 Å². The van der Waals surface area contributed by atoms with Crippen LogP contribution >= 0.6 is 0 Å². The molecule has 1 unspecified atom stereocenters. The Balaban J connectivity index is 3.52. The van der Waals surface area contributed by atoms with Crippen LogP contribution in [0.5, 0.6) is 0 Å².